The second kappa shape index (κ2) is 12.1. The average molecular weight is 496 g/mol. The van der Waals surface area contributed by atoms with Crippen LogP contribution in [0.3, 0.4) is 0 Å². The molecule has 4 nitrogen and oxygen atoms in total. The average Bonchev–Trinajstić information content (AvgIpc) is 2.80. The zero-order chi connectivity index (χ0) is 27.0. The van der Waals surface area contributed by atoms with Gasteiger partial charge in [-0.3, -0.25) is 0 Å². The second-order valence-corrected chi connectivity index (χ2v) is 8.29. The van der Waals surface area contributed by atoms with Crippen LogP contribution in [-0.4, -0.2) is 13.1 Å². The van der Waals surface area contributed by atoms with Crippen molar-refractivity contribution in [3.05, 3.63) is 99.2 Å². The van der Waals surface area contributed by atoms with Gasteiger partial charge < -0.3 is 9.47 Å². The van der Waals surface area contributed by atoms with E-state index in [0.717, 1.165) is 45.7 Å². The highest BCUT2D eigenvalue weighted by Gasteiger charge is 2.31. The number of aryl methyl sites for hydroxylation is 1. The van der Waals surface area contributed by atoms with E-state index in [1.807, 2.05) is 45.1 Å². The van der Waals surface area contributed by atoms with Gasteiger partial charge in [-0.1, -0.05) is 36.0 Å². The van der Waals surface area contributed by atoms with Crippen LogP contribution >= 0.6 is 0 Å². The topological polar surface area (TPSA) is 59.3 Å². The van der Waals surface area contributed by atoms with Gasteiger partial charge in [0.05, 0.1) is 18.2 Å². The maximum atomic E-state index is 12.8. The van der Waals surface area contributed by atoms with Crippen molar-refractivity contribution in [2.45, 2.75) is 40.8 Å². The van der Waals surface area contributed by atoms with E-state index in [1.165, 1.54) is 6.08 Å². The number of ether oxygens (including phenoxy) is 2. The maximum absolute atomic E-state index is 12.8. The van der Waals surface area contributed by atoms with Crippen LogP contribution in [0.2, 0.25) is 0 Å². The number of nitrogens with zero attached hydrogens (tertiary/aromatic N) is 1. The third kappa shape index (κ3) is 7.47. The third-order valence-corrected chi connectivity index (χ3v) is 5.54. The van der Waals surface area contributed by atoms with Crippen molar-refractivity contribution in [3.63, 3.8) is 0 Å². The highest BCUT2D eigenvalue weighted by Crippen LogP contribution is 2.32. The van der Waals surface area contributed by atoms with E-state index in [-0.39, 0.29) is 11.3 Å². The first-order chi connectivity index (χ1) is 16.9. The minimum atomic E-state index is -4.60. The summed E-state index contributed by atoms with van der Waals surface area (Å²) in [6.45, 7) is 9.74. The van der Waals surface area contributed by atoms with Gasteiger partial charge in [0, 0.05) is 6.08 Å². The first-order valence-electron chi connectivity index (χ1n) is 11.1. The van der Waals surface area contributed by atoms with Gasteiger partial charge in [-0.2, -0.15) is 18.4 Å². The van der Waals surface area contributed by atoms with Gasteiger partial charge in [0.1, 0.15) is 17.6 Å². The summed E-state index contributed by atoms with van der Waals surface area (Å²) in [5, 5.41) is 9.10. The third-order valence-electron chi connectivity index (χ3n) is 5.54. The molecule has 0 aliphatic heterocycles. The number of carbonyl (C=O) groups excluding carboxylic acids is 1. The van der Waals surface area contributed by atoms with Gasteiger partial charge in [-0.25, -0.2) is 4.79 Å². The van der Waals surface area contributed by atoms with Gasteiger partial charge in [-0.15, -0.1) is 0 Å². The Bertz CT molecular complexity index is 1310. The van der Waals surface area contributed by atoms with Crippen molar-refractivity contribution in [2.24, 2.45) is 0 Å². The minimum absolute atomic E-state index is 0.233. The summed E-state index contributed by atoms with van der Waals surface area (Å²) in [6.07, 6.45) is 5.99. The maximum Gasteiger partial charge on any atom is 0.416 e. The lowest BCUT2D eigenvalue weighted by atomic mass is 9.96. The van der Waals surface area contributed by atoms with Crippen LogP contribution in [0.4, 0.5) is 13.2 Å². The van der Waals surface area contributed by atoms with E-state index in [1.54, 1.807) is 32.3 Å². The van der Waals surface area contributed by atoms with Crippen LogP contribution in [0.25, 0.3) is 6.08 Å². The molecule has 188 valence electrons. The molecule has 0 radical (unpaired) electrons. The van der Waals surface area contributed by atoms with E-state index in [0.29, 0.717) is 11.6 Å². The standard InChI is InChI=1S/C29H28F3NO3/c1-18(10-12-25-20(3)15-27(35-6)22(5)21(25)4)8-7-9-19(2)14-28(34)36-26-13-11-24(29(30,31)32)16-23(26)17-33/h7-16H,1-6H3. The predicted molar refractivity (Wildman–Crippen MR) is 135 cm³/mol. The smallest absolute Gasteiger partial charge is 0.416 e. The fraction of sp³-hybridized carbons (Fsp3) is 0.241. The van der Waals surface area contributed by atoms with Crippen molar-refractivity contribution >= 4 is 12.0 Å². The van der Waals surface area contributed by atoms with Crippen LogP contribution in [0, 0.1) is 32.1 Å². The molecule has 0 unspecified atom stereocenters. The van der Waals surface area contributed by atoms with Crippen LogP contribution in [0.5, 0.6) is 11.5 Å². The molecule has 0 saturated heterocycles. The van der Waals surface area contributed by atoms with Crippen molar-refractivity contribution < 1.29 is 27.4 Å². The van der Waals surface area contributed by atoms with Gasteiger partial charge in [0.25, 0.3) is 0 Å². The molecule has 0 spiro atoms. The fourth-order valence-electron chi connectivity index (χ4n) is 3.41. The Balaban J connectivity index is 2.09. The van der Waals surface area contributed by atoms with Crippen molar-refractivity contribution in [1.82, 2.24) is 0 Å². The normalized spacial score (nSPS) is 12.8. The molecule has 0 aliphatic carbocycles. The zero-order valence-corrected chi connectivity index (χ0v) is 21.1. The molecular weight excluding hydrogens is 467 g/mol. The number of hydrogen-bond acceptors (Lipinski definition) is 4. The Morgan fingerprint density at radius 3 is 2.31 bits per heavy atom. The Morgan fingerprint density at radius 2 is 1.69 bits per heavy atom. The summed E-state index contributed by atoms with van der Waals surface area (Å²) in [4.78, 5) is 12.2. The first kappa shape index (κ1) is 28.2. The number of esters is 1. The van der Waals surface area contributed by atoms with Gasteiger partial charge in [0.15, 0.2) is 0 Å². The Labute approximate surface area is 209 Å². The van der Waals surface area contributed by atoms with Crippen LogP contribution in [0.1, 0.15) is 47.2 Å². The SMILES string of the molecule is COc1cc(C)c(C=CC(C)=CC=CC(C)=CC(=O)Oc2ccc(C(F)(F)F)cc2C#N)c(C)c1C. The van der Waals surface area contributed by atoms with E-state index in [9.17, 15) is 18.0 Å². The molecule has 0 saturated carbocycles. The molecule has 36 heavy (non-hydrogen) atoms. The van der Waals surface area contributed by atoms with E-state index in [4.69, 9.17) is 14.7 Å². The number of benzene rings is 2. The summed E-state index contributed by atoms with van der Waals surface area (Å²) in [7, 11) is 1.66. The van der Waals surface area contributed by atoms with Crippen LogP contribution in [0.15, 0.2) is 65.8 Å². The summed E-state index contributed by atoms with van der Waals surface area (Å²) in [5.41, 5.74) is 4.67. The number of rotatable bonds is 7. The minimum Gasteiger partial charge on any atom is -0.496 e. The molecule has 0 aromatic heterocycles. The Hall–Kier alpha value is -4.05. The van der Waals surface area contributed by atoms with Crippen molar-refractivity contribution in [1.29, 1.82) is 5.26 Å². The summed E-state index contributed by atoms with van der Waals surface area (Å²) >= 11 is 0. The summed E-state index contributed by atoms with van der Waals surface area (Å²) in [6, 6.07) is 6.01. The summed E-state index contributed by atoms with van der Waals surface area (Å²) < 4.78 is 48.9. The Morgan fingerprint density at radius 1 is 1.00 bits per heavy atom. The van der Waals surface area contributed by atoms with E-state index < -0.39 is 17.7 Å². The molecule has 0 aliphatic rings. The van der Waals surface area contributed by atoms with E-state index in [2.05, 4.69) is 6.92 Å². The predicted octanol–water partition coefficient (Wildman–Crippen LogP) is 7.58. The molecule has 2 aromatic carbocycles. The lowest BCUT2D eigenvalue weighted by molar-refractivity contribution is -0.137. The molecule has 0 bridgehead atoms. The molecule has 2 aromatic rings. The lowest BCUT2D eigenvalue weighted by Crippen LogP contribution is -2.09. The van der Waals surface area contributed by atoms with Crippen molar-refractivity contribution in [2.75, 3.05) is 7.11 Å². The number of carbonyl (C=O) groups is 1. The lowest BCUT2D eigenvalue weighted by Gasteiger charge is -2.13. The molecular formula is C29H28F3NO3. The number of methoxy groups -OCH3 is 1. The number of hydrogen-bond donors (Lipinski definition) is 0. The fourth-order valence-corrected chi connectivity index (χ4v) is 3.41. The summed E-state index contributed by atoms with van der Waals surface area (Å²) in [5.74, 6) is -0.168. The molecule has 0 heterocycles. The Kier molecular flexibility index (Phi) is 9.45. The van der Waals surface area contributed by atoms with Gasteiger partial charge >= 0.3 is 12.1 Å². The van der Waals surface area contributed by atoms with E-state index >= 15 is 0 Å². The molecule has 7 heteroatoms. The van der Waals surface area contributed by atoms with Crippen molar-refractivity contribution in [3.8, 4) is 17.6 Å². The molecule has 0 N–H and O–H groups in total. The monoisotopic (exact) mass is 495 g/mol. The molecule has 2 rings (SSSR count). The quantitative estimate of drug-likeness (QED) is 0.172. The molecule has 0 fully saturated rings. The number of allylic oxidation sites excluding steroid dienone is 6. The van der Waals surface area contributed by atoms with Gasteiger partial charge in [0.2, 0.25) is 0 Å². The van der Waals surface area contributed by atoms with Gasteiger partial charge in [-0.05, 0) is 86.7 Å². The zero-order valence-electron chi connectivity index (χ0n) is 21.1. The van der Waals surface area contributed by atoms with Crippen LogP contribution < -0.4 is 9.47 Å². The highest BCUT2D eigenvalue weighted by atomic mass is 19.4. The van der Waals surface area contributed by atoms with Crippen LogP contribution in [-0.2, 0) is 11.0 Å². The highest BCUT2D eigenvalue weighted by molar-refractivity contribution is 5.85. The number of halogens is 3. The molecule has 0 amide bonds. The number of nitriles is 1. The molecule has 0 atom stereocenters. The number of alkyl halides is 3. The second-order valence-electron chi connectivity index (χ2n) is 8.29. The largest absolute Gasteiger partial charge is 0.496 e. The first-order valence-corrected chi connectivity index (χ1v) is 11.1.